The van der Waals surface area contributed by atoms with E-state index in [0.717, 1.165) is 26.1 Å². The lowest BCUT2D eigenvalue weighted by atomic mass is 10.0. The minimum Gasteiger partial charge on any atom is -0.378 e. The molecular weight excluding hydrogens is 224 g/mol. The maximum atomic E-state index is 5.64. The van der Waals surface area contributed by atoms with Crippen molar-refractivity contribution in [2.75, 3.05) is 19.7 Å². The van der Waals surface area contributed by atoms with E-state index >= 15 is 0 Å². The summed E-state index contributed by atoms with van der Waals surface area (Å²) in [7, 11) is 0. The van der Waals surface area contributed by atoms with Gasteiger partial charge in [-0.05, 0) is 43.4 Å². The summed E-state index contributed by atoms with van der Waals surface area (Å²) in [6.07, 6.45) is 2.54. The molecule has 2 atom stereocenters. The molecule has 0 radical (unpaired) electrons. The van der Waals surface area contributed by atoms with E-state index in [1.54, 1.807) is 0 Å². The highest BCUT2D eigenvalue weighted by Crippen LogP contribution is 2.19. The normalized spacial score (nSPS) is 23.4. The second-order valence-electron chi connectivity index (χ2n) is 5.06. The molecule has 18 heavy (non-hydrogen) atoms. The highest BCUT2D eigenvalue weighted by molar-refractivity contribution is 5.27. The van der Waals surface area contributed by atoms with E-state index in [-0.39, 0.29) is 0 Å². The summed E-state index contributed by atoms with van der Waals surface area (Å²) in [5, 5.41) is 3.55. The van der Waals surface area contributed by atoms with Gasteiger partial charge in [-0.1, -0.05) is 24.3 Å². The highest BCUT2D eigenvalue weighted by atomic mass is 16.5. The number of ether oxygens (including phenoxy) is 1. The Kier molecular flexibility index (Phi) is 5.17. The van der Waals surface area contributed by atoms with Gasteiger partial charge in [-0.15, -0.1) is 0 Å². The third-order valence-electron chi connectivity index (χ3n) is 3.79. The molecule has 1 fully saturated rings. The first kappa shape index (κ1) is 13.5. The van der Waals surface area contributed by atoms with Crippen LogP contribution in [0.3, 0.4) is 0 Å². The largest absolute Gasteiger partial charge is 0.378 e. The predicted molar refractivity (Wildman–Crippen MR) is 74.4 cm³/mol. The zero-order valence-corrected chi connectivity index (χ0v) is 11.2. The lowest BCUT2D eigenvalue weighted by Gasteiger charge is -2.16. The SMILES string of the molecule is CC1OCCC1CNCc1ccccc1CCN. The number of hydrogen-bond acceptors (Lipinski definition) is 3. The first-order valence-corrected chi connectivity index (χ1v) is 6.90. The van der Waals surface area contributed by atoms with Gasteiger partial charge in [0.25, 0.3) is 0 Å². The van der Waals surface area contributed by atoms with E-state index in [0.29, 0.717) is 18.6 Å². The summed E-state index contributed by atoms with van der Waals surface area (Å²) >= 11 is 0. The molecule has 3 heteroatoms. The molecule has 2 rings (SSSR count). The van der Waals surface area contributed by atoms with Crippen LogP contribution >= 0.6 is 0 Å². The van der Waals surface area contributed by atoms with Crippen LogP contribution in [-0.4, -0.2) is 25.8 Å². The maximum Gasteiger partial charge on any atom is 0.0588 e. The van der Waals surface area contributed by atoms with Crippen LogP contribution in [-0.2, 0) is 17.7 Å². The average Bonchev–Trinajstić information content (AvgIpc) is 2.78. The van der Waals surface area contributed by atoms with Gasteiger partial charge >= 0.3 is 0 Å². The molecule has 0 amide bonds. The first-order valence-electron chi connectivity index (χ1n) is 6.90. The van der Waals surface area contributed by atoms with E-state index in [4.69, 9.17) is 10.5 Å². The van der Waals surface area contributed by atoms with Crippen LogP contribution in [0.5, 0.6) is 0 Å². The van der Waals surface area contributed by atoms with Crippen molar-refractivity contribution in [1.29, 1.82) is 0 Å². The van der Waals surface area contributed by atoms with Crippen LogP contribution in [0.15, 0.2) is 24.3 Å². The van der Waals surface area contributed by atoms with Gasteiger partial charge < -0.3 is 15.8 Å². The molecule has 1 aliphatic rings. The fourth-order valence-corrected chi connectivity index (χ4v) is 2.57. The van der Waals surface area contributed by atoms with Crippen molar-refractivity contribution in [1.82, 2.24) is 5.32 Å². The Labute approximate surface area is 110 Å². The van der Waals surface area contributed by atoms with Crippen molar-refractivity contribution in [2.24, 2.45) is 11.7 Å². The van der Waals surface area contributed by atoms with Gasteiger partial charge in [-0.3, -0.25) is 0 Å². The number of rotatable bonds is 6. The fourth-order valence-electron chi connectivity index (χ4n) is 2.57. The van der Waals surface area contributed by atoms with Gasteiger partial charge in [0.1, 0.15) is 0 Å². The third-order valence-corrected chi connectivity index (χ3v) is 3.79. The highest BCUT2D eigenvalue weighted by Gasteiger charge is 2.23. The van der Waals surface area contributed by atoms with Crippen LogP contribution in [0.2, 0.25) is 0 Å². The topological polar surface area (TPSA) is 47.3 Å². The Hall–Kier alpha value is -0.900. The summed E-state index contributed by atoms with van der Waals surface area (Å²) in [6, 6.07) is 8.54. The molecule has 1 saturated heterocycles. The Morgan fingerprint density at radius 3 is 2.78 bits per heavy atom. The van der Waals surface area contributed by atoms with Crippen LogP contribution in [0.4, 0.5) is 0 Å². The monoisotopic (exact) mass is 248 g/mol. The van der Waals surface area contributed by atoms with Crippen molar-refractivity contribution in [2.45, 2.75) is 32.4 Å². The predicted octanol–water partition coefficient (Wildman–Crippen LogP) is 1.70. The second kappa shape index (κ2) is 6.88. The van der Waals surface area contributed by atoms with Crippen LogP contribution in [0.25, 0.3) is 0 Å². The molecular formula is C15H24N2O. The standard InChI is InChI=1S/C15H24N2O/c1-12-14(7-9-18-12)10-17-11-15-5-3-2-4-13(15)6-8-16/h2-5,12,14,17H,6-11,16H2,1H3. The molecule has 0 aromatic heterocycles. The molecule has 1 heterocycles. The molecule has 0 bridgehead atoms. The number of hydrogen-bond donors (Lipinski definition) is 2. The molecule has 2 unspecified atom stereocenters. The fraction of sp³-hybridized carbons (Fsp3) is 0.600. The molecule has 3 nitrogen and oxygen atoms in total. The molecule has 1 aliphatic heterocycles. The van der Waals surface area contributed by atoms with Crippen molar-refractivity contribution in [3.8, 4) is 0 Å². The van der Waals surface area contributed by atoms with Gasteiger partial charge in [0.15, 0.2) is 0 Å². The van der Waals surface area contributed by atoms with Crippen LogP contribution < -0.4 is 11.1 Å². The average molecular weight is 248 g/mol. The van der Waals surface area contributed by atoms with Crippen LogP contribution in [0.1, 0.15) is 24.5 Å². The quantitative estimate of drug-likeness (QED) is 0.805. The Morgan fingerprint density at radius 1 is 1.33 bits per heavy atom. The molecule has 1 aromatic rings. The summed E-state index contributed by atoms with van der Waals surface area (Å²) in [5.41, 5.74) is 8.37. The Bertz CT molecular complexity index is 367. The van der Waals surface area contributed by atoms with Crippen molar-refractivity contribution in [3.05, 3.63) is 35.4 Å². The third kappa shape index (κ3) is 3.55. The molecule has 0 aliphatic carbocycles. The van der Waals surface area contributed by atoms with E-state index in [1.165, 1.54) is 17.5 Å². The summed E-state index contributed by atoms with van der Waals surface area (Å²) < 4.78 is 5.57. The summed E-state index contributed by atoms with van der Waals surface area (Å²) in [5.74, 6) is 0.659. The molecule has 3 N–H and O–H groups in total. The zero-order chi connectivity index (χ0) is 12.8. The van der Waals surface area contributed by atoms with Gasteiger partial charge in [0.2, 0.25) is 0 Å². The number of nitrogens with one attached hydrogen (secondary N) is 1. The van der Waals surface area contributed by atoms with Crippen molar-refractivity contribution >= 4 is 0 Å². The lowest BCUT2D eigenvalue weighted by Crippen LogP contribution is -2.27. The number of nitrogens with two attached hydrogens (primary N) is 1. The van der Waals surface area contributed by atoms with Crippen molar-refractivity contribution < 1.29 is 4.74 Å². The van der Waals surface area contributed by atoms with Gasteiger partial charge in [0.05, 0.1) is 6.10 Å². The molecule has 0 saturated carbocycles. The van der Waals surface area contributed by atoms with Gasteiger partial charge in [0, 0.05) is 19.7 Å². The molecule has 1 aromatic carbocycles. The first-order chi connectivity index (χ1) is 8.81. The Balaban J connectivity index is 1.82. The van der Waals surface area contributed by atoms with Gasteiger partial charge in [-0.25, -0.2) is 0 Å². The minimum absolute atomic E-state index is 0.400. The lowest BCUT2D eigenvalue weighted by molar-refractivity contribution is 0.105. The molecule has 100 valence electrons. The van der Waals surface area contributed by atoms with Gasteiger partial charge in [-0.2, -0.15) is 0 Å². The zero-order valence-electron chi connectivity index (χ0n) is 11.2. The molecule has 0 spiro atoms. The Morgan fingerprint density at radius 2 is 2.11 bits per heavy atom. The van der Waals surface area contributed by atoms with E-state index in [1.807, 2.05) is 0 Å². The van der Waals surface area contributed by atoms with E-state index in [2.05, 4.69) is 36.5 Å². The van der Waals surface area contributed by atoms with E-state index < -0.39 is 0 Å². The second-order valence-corrected chi connectivity index (χ2v) is 5.06. The maximum absolute atomic E-state index is 5.64. The van der Waals surface area contributed by atoms with E-state index in [9.17, 15) is 0 Å². The smallest absolute Gasteiger partial charge is 0.0588 e. The summed E-state index contributed by atoms with van der Waals surface area (Å²) in [4.78, 5) is 0. The number of benzene rings is 1. The summed E-state index contributed by atoms with van der Waals surface area (Å²) in [6.45, 7) is 5.76. The van der Waals surface area contributed by atoms with Crippen LogP contribution in [0, 0.1) is 5.92 Å². The van der Waals surface area contributed by atoms with Crippen molar-refractivity contribution in [3.63, 3.8) is 0 Å². The minimum atomic E-state index is 0.400.